The van der Waals surface area contributed by atoms with Crippen LogP contribution in [0.4, 0.5) is 0 Å². The van der Waals surface area contributed by atoms with Gasteiger partial charge in [-0.05, 0) is 61.1 Å². The number of thiophene rings is 1. The zero-order chi connectivity index (χ0) is 20.3. The number of rotatable bonds is 7. The number of hydrogen-bond donors (Lipinski definition) is 1. The van der Waals surface area contributed by atoms with Crippen LogP contribution in [0.3, 0.4) is 0 Å². The minimum absolute atomic E-state index is 0.135. The number of nitrogens with zero attached hydrogens (tertiary/aromatic N) is 1. The standard InChI is InChI=1S/C24H30N2O2S/c1-2-6-22(27)26-13-5-12-24(17-26,23(28)25-20-10-11-20)16-18-7-3-8-19(15-18)21-9-4-14-29-21/h3-4,7-9,14-15,20H,2,5-6,10-13,16-17H2,1H3,(H,25,28)/t24-/m0/s1. The van der Waals surface area contributed by atoms with Gasteiger partial charge in [-0.15, -0.1) is 11.3 Å². The summed E-state index contributed by atoms with van der Waals surface area (Å²) in [6.45, 7) is 3.34. The maximum Gasteiger partial charge on any atom is 0.228 e. The molecule has 1 N–H and O–H groups in total. The topological polar surface area (TPSA) is 49.4 Å². The van der Waals surface area contributed by atoms with Crippen LogP contribution in [0.15, 0.2) is 41.8 Å². The van der Waals surface area contributed by atoms with Crippen molar-refractivity contribution in [3.8, 4) is 10.4 Å². The van der Waals surface area contributed by atoms with E-state index in [0.29, 0.717) is 25.4 Å². The molecule has 2 aromatic rings. The Kier molecular flexibility index (Phi) is 6.04. The van der Waals surface area contributed by atoms with E-state index in [-0.39, 0.29) is 11.8 Å². The highest BCUT2D eigenvalue weighted by atomic mass is 32.1. The number of nitrogens with one attached hydrogen (secondary N) is 1. The number of carbonyl (C=O) groups excluding carboxylic acids is 2. The van der Waals surface area contributed by atoms with E-state index in [1.54, 1.807) is 11.3 Å². The molecule has 2 aliphatic rings. The summed E-state index contributed by atoms with van der Waals surface area (Å²) in [7, 11) is 0. The van der Waals surface area contributed by atoms with Gasteiger partial charge >= 0.3 is 0 Å². The average molecular weight is 411 g/mol. The molecule has 1 saturated heterocycles. The molecule has 0 radical (unpaired) electrons. The van der Waals surface area contributed by atoms with Crippen molar-refractivity contribution in [2.75, 3.05) is 13.1 Å². The normalized spacial score (nSPS) is 21.8. The average Bonchev–Trinajstić information content (AvgIpc) is 3.37. The summed E-state index contributed by atoms with van der Waals surface area (Å²) >= 11 is 1.73. The Morgan fingerprint density at radius 1 is 1.24 bits per heavy atom. The number of likely N-dealkylation sites (tertiary alicyclic amines) is 1. The monoisotopic (exact) mass is 410 g/mol. The zero-order valence-corrected chi connectivity index (χ0v) is 18.0. The van der Waals surface area contributed by atoms with Crippen molar-refractivity contribution < 1.29 is 9.59 Å². The molecule has 29 heavy (non-hydrogen) atoms. The van der Waals surface area contributed by atoms with Gasteiger partial charge in [0.1, 0.15) is 0 Å². The number of amides is 2. The molecule has 0 spiro atoms. The highest BCUT2D eigenvalue weighted by Crippen LogP contribution is 2.37. The van der Waals surface area contributed by atoms with Gasteiger partial charge in [0.25, 0.3) is 0 Å². The summed E-state index contributed by atoms with van der Waals surface area (Å²) in [5.41, 5.74) is 1.84. The van der Waals surface area contributed by atoms with Crippen LogP contribution in [0.2, 0.25) is 0 Å². The second-order valence-electron chi connectivity index (χ2n) is 8.55. The fourth-order valence-corrected chi connectivity index (χ4v) is 5.08. The van der Waals surface area contributed by atoms with Gasteiger partial charge in [-0.2, -0.15) is 0 Å². The molecular weight excluding hydrogens is 380 g/mol. The molecule has 4 rings (SSSR count). The lowest BCUT2D eigenvalue weighted by Gasteiger charge is -2.42. The lowest BCUT2D eigenvalue weighted by atomic mass is 9.74. The van der Waals surface area contributed by atoms with E-state index < -0.39 is 5.41 Å². The van der Waals surface area contributed by atoms with E-state index in [1.807, 2.05) is 11.8 Å². The van der Waals surface area contributed by atoms with E-state index in [2.05, 4.69) is 47.1 Å². The zero-order valence-electron chi connectivity index (χ0n) is 17.2. The van der Waals surface area contributed by atoms with E-state index in [9.17, 15) is 9.59 Å². The molecule has 2 heterocycles. The summed E-state index contributed by atoms with van der Waals surface area (Å²) in [6.07, 6.45) is 5.97. The maximum absolute atomic E-state index is 13.4. The van der Waals surface area contributed by atoms with Gasteiger partial charge in [-0.25, -0.2) is 0 Å². The lowest BCUT2D eigenvalue weighted by molar-refractivity contribution is -0.141. The minimum Gasteiger partial charge on any atom is -0.353 e. The molecule has 5 heteroatoms. The summed E-state index contributed by atoms with van der Waals surface area (Å²) in [4.78, 5) is 29.1. The number of piperidine rings is 1. The van der Waals surface area contributed by atoms with Crippen molar-refractivity contribution in [2.45, 2.75) is 57.9 Å². The molecule has 1 aromatic carbocycles. The second kappa shape index (κ2) is 8.70. The predicted molar refractivity (Wildman–Crippen MR) is 118 cm³/mol. The smallest absolute Gasteiger partial charge is 0.228 e. The summed E-state index contributed by atoms with van der Waals surface area (Å²) in [5, 5.41) is 5.33. The van der Waals surface area contributed by atoms with Crippen molar-refractivity contribution in [2.24, 2.45) is 5.41 Å². The van der Waals surface area contributed by atoms with Crippen LogP contribution >= 0.6 is 11.3 Å². The van der Waals surface area contributed by atoms with Crippen molar-refractivity contribution >= 4 is 23.2 Å². The van der Waals surface area contributed by atoms with Crippen molar-refractivity contribution in [1.29, 1.82) is 0 Å². The van der Waals surface area contributed by atoms with Gasteiger partial charge in [-0.1, -0.05) is 37.3 Å². The fourth-order valence-electron chi connectivity index (χ4n) is 4.36. The molecular formula is C24H30N2O2S. The molecule has 4 nitrogen and oxygen atoms in total. The number of hydrogen-bond acceptors (Lipinski definition) is 3. The molecule has 1 aliphatic heterocycles. The number of carbonyl (C=O) groups is 2. The Morgan fingerprint density at radius 3 is 2.83 bits per heavy atom. The van der Waals surface area contributed by atoms with Gasteiger partial charge in [-0.3, -0.25) is 9.59 Å². The molecule has 0 unspecified atom stereocenters. The summed E-state index contributed by atoms with van der Waals surface area (Å²) in [5.74, 6) is 0.318. The molecule has 2 fully saturated rings. The van der Waals surface area contributed by atoms with Crippen LogP contribution in [0, 0.1) is 5.41 Å². The lowest BCUT2D eigenvalue weighted by Crippen LogP contribution is -2.54. The third kappa shape index (κ3) is 4.72. The molecule has 1 aromatic heterocycles. The Labute approximate surface area is 177 Å². The van der Waals surface area contributed by atoms with Gasteiger partial charge in [0.15, 0.2) is 0 Å². The van der Waals surface area contributed by atoms with Crippen LogP contribution in [0.25, 0.3) is 10.4 Å². The first-order valence-corrected chi connectivity index (χ1v) is 11.7. The highest BCUT2D eigenvalue weighted by Gasteiger charge is 2.44. The van der Waals surface area contributed by atoms with E-state index in [0.717, 1.165) is 38.6 Å². The quantitative estimate of drug-likeness (QED) is 0.723. The van der Waals surface area contributed by atoms with E-state index >= 15 is 0 Å². The molecule has 0 bridgehead atoms. The Balaban J connectivity index is 1.59. The van der Waals surface area contributed by atoms with Crippen LogP contribution in [0.1, 0.15) is 51.0 Å². The van der Waals surface area contributed by atoms with Gasteiger partial charge in [0.2, 0.25) is 11.8 Å². The first-order chi connectivity index (χ1) is 14.1. The Hall–Kier alpha value is -2.14. The van der Waals surface area contributed by atoms with Gasteiger partial charge in [0, 0.05) is 30.4 Å². The predicted octanol–water partition coefficient (Wildman–Crippen LogP) is 4.65. The van der Waals surface area contributed by atoms with Crippen molar-refractivity contribution in [3.63, 3.8) is 0 Å². The maximum atomic E-state index is 13.4. The molecule has 1 aliphatic carbocycles. The molecule has 1 atom stereocenters. The summed E-state index contributed by atoms with van der Waals surface area (Å²) < 4.78 is 0. The summed E-state index contributed by atoms with van der Waals surface area (Å²) in [6, 6.07) is 13.1. The third-order valence-electron chi connectivity index (χ3n) is 6.06. The van der Waals surface area contributed by atoms with Crippen LogP contribution in [-0.4, -0.2) is 35.8 Å². The Morgan fingerprint density at radius 2 is 2.10 bits per heavy atom. The first kappa shape index (κ1) is 20.1. The molecule has 1 saturated carbocycles. The van der Waals surface area contributed by atoms with Gasteiger partial charge in [0.05, 0.1) is 5.41 Å². The fraction of sp³-hybridized carbons (Fsp3) is 0.500. The molecule has 154 valence electrons. The molecule has 2 amide bonds. The van der Waals surface area contributed by atoms with E-state index in [4.69, 9.17) is 0 Å². The van der Waals surface area contributed by atoms with Crippen LogP contribution in [0.5, 0.6) is 0 Å². The van der Waals surface area contributed by atoms with Crippen LogP contribution < -0.4 is 5.32 Å². The minimum atomic E-state index is -0.529. The van der Waals surface area contributed by atoms with Gasteiger partial charge < -0.3 is 10.2 Å². The SMILES string of the molecule is CCCC(=O)N1CCC[C@@](Cc2cccc(-c3cccs3)c2)(C(=O)NC2CC2)C1. The third-order valence-corrected chi connectivity index (χ3v) is 6.98. The van der Waals surface area contributed by atoms with Crippen molar-refractivity contribution in [3.05, 3.63) is 47.3 Å². The largest absolute Gasteiger partial charge is 0.353 e. The van der Waals surface area contributed by atoms with Crippen LogP contribution in [-0.2, 0) is 16.0 Å². The van der Waals surface area contributed by atoms with Crippen molar-refractivity contribution in [1.82, 2.24) is 10.2 Å². The second-order valence-corrected chi connectivity index (χ2v) is 9.50. The number of benzene rings is 1. The van der Waals surface area contributed by atoms with E-state index in [1.165, 1.54) is 16.0 Å². The Bertz CT molecular complexity index is 860. The highest BCUT2D eigenvalue weighted by molar-refractivity contribution is 7.13. The first-order valence-electron chi connectivity index (χ1n) is 10.8.